The Bertz CT molecular complexity index is 962. The van der Waals surface area contributed by atoms with Crippen molar-refractivity contribution in [1.82, 2.24) is 25.3 Å². The molecule has 1 saturated heterocycles. The second-order valence-electron chi connectivity index (χ2n) is 6.62. The maximum absolute atomic E-state index is 13.1. The number of primary amides is 1. The number of nitrogens with zero attached hydrogens (tertiary/aromatic N) is 3. The van der Waals surface area contributed by atoms with Gasteiger partial charge in [0.2, 0.25) is 0 Å². The lowest BCUT2D eigenvalue weighted by Gasteiger charge is -2.34. The number of nitrogens with one attached hydrogen (secondary N) is 2. The van der Waals surface area contributed by atoms with Gasteiger partial charge in [-0.25, -0.2) is 0 Å². The number of rotatable bonds is 4. The number of piperidine rings is 1. The van der Waals surface area contributed by atoms with Crippen molar-refractivity contribution < 1.29 is 9.59 Å². The lowest BCUT2D eigenvalue weighted by atomic mass is 9.98. The number of nitrogens with two attached hydrogens (primary N) is 1. The van der Waals surface area contributed by atoms with E-state index in [1.165, 1.54) is 0 Å². The van der Waals surface area contributed by atoms with E-state index in [0.29, 0.717) is 12.2 Å². The van der Waals surface area contributed by atoms with Crippen LogP contribution in [0, 0.1) is 0 Å². The molecule has 8 nitrogen and oxygen atoms in total. The van der Waals surface area contributed by atoms with Crippen LogP contribution in [0.4, 0.5) is 0 Å². The van der Waals surface area contributed by atoms with Crippen molar-refractivity contribution in [2.45, 2.75) is 25.3 Å². The first-order valence-electron chi connectivity index (χ1n) is 8.90. The molecule has 4 N–H and O–H groups in total. The van der Waals surface area contributed by atoms with Crippen LogP contribution in [-0.2, 0) is 0 Å². The Morgan fingerprint density at radius 2 is 1.89 bits per heavy atom. The zero-order valence-corrected chi connectivity index (χ0v) is 14.7. The van der Waals surface area contributed by atoms with Crippen LogP contribution in [0.5, 0.6) is 0 Å². The Morgan fingerprint density at radius 1 is 1.07 bits per heavy atom. The standard InChI is InChI=1S/C19H20N6O2/c20-18(26)15-11-14(22-23-15)17-8-4-5-9-25(17)19(27)16-10-13(21-24-16)12-6-2-1-3-7-12/h1-3,6-7,10-11,17H,4-5,8-9H2,(H2,20,26)(H,21,24)(H,22,23). The van der Waals surface area contributed by atoms with E-state index in [4.69, 9.17) is 5.73 Å². The third kappa shape index (κ3) is 3.33. The quantitative estimate of drug-likeness (QED) is 0.657. The molecule has 1 aromatic carbocycles. The zero-order chi connectivity index (χ0) is 18.8. The Morgan fingerprint density at radius 3 is 2.63 bits per heavy atom. The number of hydrogen-bond acceptors (Lipinski definition) is 4. The molecule has 138 valence electrons. The lowest BCUT2D eigenvalue weighted by molar-refractivity contribution is 0.0600. The highest BCUT2D eigenvalue weighted by Crippen LogP contribution is 2.31. The van der Waals surface area contributed by atoms with Crippen LogP contribution in [0.1, 0.15) is 52.0 Å². The number of hydrogen-bond donors (Lipinski definition) is 3. The van der Waals surface area contributed by atoms with E-state index in [9.17, 15) is 9.59 Å². The minimum Gasteiger partial charge on any atom is -0.364 e. The Hall–Kier alpha value is -3.42. The van der Waals surface area contributed by atoms with Gasteiger partial charge in [0.25, 0.3) is 11.8 Å². The summed E-state index contributed by atoms with van der Waals surface area (Å²) >= 11 is 0. The first-order chi connectivity index (χ1) is 13.1. The normalized spacial score (nSPS) is 17.0. The molecule has 1 unspecified atom stereocenters. The van der Waals surface area contributed by atoms with E-state index in [-0.39, 0.29) is 17.6 Å². The summed E-state index contributed by atoms with van der Waals surface area (Å²) < 4.78 is 0. The van der Waals surface area contributed by atoms with Gasteiger partial charge in [-0.15, -0.1) is 0 Å². The second kappa shape index (κ2) is 7.06. The van der Waals surface area contributed by atoms with E-state index in [0.717, 1.165) is 36.2 Å². The highest BCUT2D eigenvalue weighted by molar-refractivity contribution is 5.94. The lowest BCUT2D eigenvalue weighted by Crippen LogP contribution is -2.38. The van der Waals surface area contributed by atoms with Crippen molar-refractivity contribution in [1.29, 1.82) is 0 Å². The number of amides is 2. The predicted molar refractivity (Wildman–Crippen MR) is 98.8 cm³/mol. The van der Waals surface area contributed by atoms with Crippen LogP contribution in [0.2, 0.25) is 0 Å². The molecule has 4 rings (SSSR count). The fourth-order valence-corrected chi connectivity index (χ4v) is 3.47. The summed E-state index contributed by atoms with van der Waals surface area (Å²) in [5.74, 6) is -0.711. The smallest absolute Gasteiger partial charge is 0.272 e. The molecule has 1 fully saturated rings. The van der Waals surface area contributed by atoms with Crippen molar-refractivity contribution in [3.8, 4) is 11.3 Å². The fraction of sp³-hybridized carbons (Fsp3) is 0.263. The summed E-state index contributed by atoms with van der Waals surface area (Å²) in [5.41, 5.74) is 8.30. The molecule has 0 spiro atoms. The summed E-state index contributed by atoms with van der Waals surface area (Å²) in [7, 11) is 0. The summed E-state index contributed by atoms with van der Waals surface area (Å²) in [6.07, 6.45) is 2.72. The van der Waals surface area contributed by atoms with Crippen LogP contribution in [0.15, 0.2) is 42.5 Å². The molecule has 3 heterocycles. The molecule has 8 heteroatoms. The molecular formula is C19H20N6O2. The minimum atomic E-state index is -0.591. The second-order valence-corrected chi connectivity index (χ2v) is 6.62. The number of H-pyrrole nitrogens is 2. The van der Waals surface area contributed by atoms with Crippen molar-refractivity contribution in [2.24, 2.45) is 5.73 Å². The Labute approximate surface area is 155 Å². The SMILES string of the molecule is NC(=O)c1cc(C2CCCCN2C(=O)c2cc(-c3ccccc3)n[nH]2)[nH]n1. The largest absolute Gasteiger partial charge is 0.364 e. The first-order valence-corrected chi connectivity index (χ1v) is 8.90. The highest BCUT2D eigenvalue weighted by atomic mass is 16.2. The highest BCUT2D eigenvalue weighted by Gasteiger charge is 2.31. The maximum atomic E-state index is 13.1. The fourth-order valence-electron chi connectivity index (χ4n) is 3.47. The molecule has 0 bridgehead atoms. The van der Waals surface area contributed by atoms with Gasteiger partial charge in [-0.3, -0.25) is 19.8 Å². The molecule has 2 amide bonds. The number of carbonyl (C=O) groups is 2. The molecular weight excluding hydrogens is 344 g/mol. The van der Waals surface area contributed by atoms with Crippen molar-refractivity contribution in [2.75, 3.05) is 6.54 Å². The van der Waals surface area contributed by atoms with Gasteiger partial charge >= 0.3 is 0 Å². The monoisotopic (exact) mass is 364 g/mol. The number of aromatic nitrogens is 4. The van der Waals surface area contributed by atoms with Gasteiger partial charge in [0.15, 0.2) is 0 Å². The number of carbonyl (C=O) groups excluding carboxylic acids is 2. The van der Waals surface area contributed by atoms with Crippen LogP contribution in [0.25, 0.3) is 11.3 Å². The Kier molecular flexibility index (Phi) is 4.45. The van der Waals surface area contributed by atoms with E-state index in [1.54, 1.807) is 17.0 Å². The van der Waals surface area contributed by atoms with Gasteiger partial charge in [-0.1, -0.05) is 30.3 Å². The maximum Gasteiger partial charge on any atom is 0.272 e. The topological polar surface area (TPSA) is 121 Å². The van der Waals surface area contributed by atoms with Crippen molar-refractivity contribution in [3.05, 3.63) is 59.5 Å². The van der Waals surface area contributed by atoms with Gasteiger partial charge in [0, 0.05) is 12.1 Å². The van der Waals surface area contributed by atoms with E-state index in [1.807, 2.05) is 30.3 Å². The van der Waals surface area contributed by atoms with E-state index >= 15 is 0 Å². The van der Waals surface area contributed by atoms with Gasteiger partial charge in [0.05, 0.1) is 17.4 Å². The summed E-state index contributed by atoms with van der Waals surface area (Å²) in [5, 5.41) is 13.9. The molecule has 0 saturated carbocycles. The van der Waals surface area contributed by atoms with Crippen LogP contribution >= 0.6 is 0 Å². The van der Waals surface area contributed by atoms with Crippen LogP contribution in [0.3, 0.4) is 0 Å². The van der Waals surface area contributed by atoms with Crippen LogP contribution in [-0.4, -0.2) is 43.7 Å². The molecule has 3 aromatic rings. The minimum absolute atomic E-state index is 0.121. The summed E-state index contributed by atoms with van der Waals surface area (Å²) in [4.78, 5) is 26.2. The van der Waals surface area contributed by atoms with Crippen LogP contribution < -0.4 is 5.73 Å². The molecule has 27 heavy (non-hydrogen) atoms. The van der Waals surface area contributed by atoms with Gasteiger partial charge in [-0.2, -0.15) is 10.2 Å². The van der Waals surface area contributed by atoms with Gasteiger partial charge in [-0.05, 0) is 31.4 Å². The summed E-state index contributed by atoms with van der Waals surface area (Å²) in [6.45, 7) is 0.633. The van der Waals surface area contributed by atoms with Crippen molar-refractivity contribution >= 4 is 11.8 Å². The zero-order valence-electron chi connectivity index (χ0n) is 14.7. The Balaban J connectivity index is 1.59. The van der Waals surface area contributed by atoms with E-state index in [2.05, 4.69) is 20.4 Å². The average Bonchev–Trinajstić information content (AvgIpc) is 3.38. The number of aromatic amines is 2. The van der Waals surface area contributed by atoms with Gasteiger partial charge in [0.1, 0.15) is 11.4 Å². The third-order valence-corrected chi connectivity index (χ3v) is 4.85. The predicted octanol–water partition coefficient (Wildman–Crippen LogP) is 2.27. The van der Waals surface area contributed by atoms with Crippen molar-refractivity contribution in [3.63, 3.8) is 0 Å². The molecule has 0 aliphatic carbocycles. The molecule has 2 aromatic heterocycles. The number of benzene rings is 1. The third-order valence-electron chi connectivity index (χ3n) is 4.85. The number of likely N-dealkylation sites (tertiary alicyclic amines) is 1. The molecule has 1 atom stereocenters. The van der Waals surface area contributed by atoms with E-state index < -0.39 is 5.91 Å². The molecule has 1 aliphatic heterocycles. The van der Waals surface area contributed by atoms with Gasteiger partial charge < -0.3 is 10.6 Å². The molecule has 1 aliphatic rings. The first kappa shape index (κ1) is 17.0. The average molecular weight is 364 g/mol. The molecule has 0 radical (unpaired) electrons. The summed E-state index contributed by atoms with van der Waals surface area (Å²) in [6, 6.07) is 12.9.